The molecule has 2 aliphatic rings. The van der Waals surface area contributed by atoms with Crippen molar-refractivity contribution in [3.8, 4) is 5.75 Å². The zero-order valence-electron chi connectivity index (χ0n) is 38.3. The minimum atomic E-state index is -3.73. The summed E-state index contributed by atoms with van der Waals surface area (Å²) in [5, 5.41) is 5.67. The number of aromatic nitrogens is 1. The average Bonchev–Trinajstić information content (AvgIpc) is 4.11. The van der Waals surface area contributed by atoms with E-state index in [0.29, 0.717) is 52.3 Å². The van der Waals surface area contributed by atoms with Gasteiger partial charge in [0, 0.05) is 49.3 Å². The lowest BCUT2D eigenvalue weighted by molar-refractivity contribution is -0.131. The Labute approximate surface area is 384 Å². The summed E-state index contributed by atoms with van der Waals surface area (Å²) in [4.78, 5) is 63.4. The molecule has 1 aliphatic heterocycles. The molecule has 0 radical (unpaired) electrons. The molecule has 1 unspecified atom stereocenters. The highest BCUT2D eigenvalue weighted by Crippen LogP contribution is 2.38. The predicted octanol–water partition coefficient (Wildman–Crippen LogP) is 9.40. The minimum Gasteiger partial charge on any atom is -0.489 e. The second-order valence-electron chi connectivity index (χ2n) is 18.6. The Morgan fingerprint density at radius 2 is 1.53 bits per heavy atom. The second-order valence-corrected chi connectivity index (χ2v) is 20.8. The monoisotopic (exact) mass is 922 g/mol. The van der Waals surface area contributed by atoms with E-state index in [0.717, 1.165) is 11.8 Å². The first-order valence-corrected chi connectivity index (χ1v) is 23.2. The van der Waals surface area contributed by atoms with Crippen LogP contribution in [0.2, 0.25) is 0 Å². The van der Waals surface area contributed by atoms with Gasteiger partial charge in [0.1, 0.15) is 35.4 Å². The van der Waals surface area contributed by atoms with Crippen LogP contribution in [0.25, 0.3) is 10.8 Å². The second kappa shape index (κ2) is 18.6. The number of pyridine rings is 1. The van der Waals surface area contributed by atoms with Crippen molar-refractivity contribution in [1.29, 1.82) is 0 Å². The van der Waals surface area contributed by atoms with Crippen LogP contribution in [0, 0.1) is 5.82 Å². The molecule has 17 heteroatoms. The van der Waals surface area contributed by atoms with Gasteiger partial charge < -0.3 is 34.6 Å². The molecule has 348 valence electrons. The van der Waals surface area contributed by atoms with Gasteiger partial charge in [-0.3, -0.25) is 4.79 Å². The molecule has 0 saturated heterocycles. The van der Waals surface area contributed by atoms with Crippen molar-refractivity contribution >= 4 is 61.9 Å². The number of anilines is 3. The van der Waals surface area contributed by atoms with Crippen LogP contribution < -0.4 is 20.3 Å². The van der Waals surface area contributed by atoms with E-state index in [4.69, 9.17) is 14.2 Å². The van der Waals surface area contributed by atoms with Gasteiger partial charge in [-0.05, 0) is 132 Å². The van der Waals surface area contributed by atoms with E-state index in [1.54, 1.807) is 86.0 Å². The number of fused-ring (bicyclic) bond motifs is 5. The molecule has 7 rings (SSSR count). The molecule has 4 aromatic carbocycles. The maximum absolute atomic E-state index is 15.9. The number of imide groups is 1. The van der Waals surface area contributed by atoms with E-state index in [2.05, 4.69) is 15.6 Å². The molecular formula is C49H55FN6O9S. The molecule has 1 saturated carbocycles. The van der Waals surface area contributed by atoms with Crippen molar-refractivity contribution in [2.24, 2.45) is 0 Å². The van der Waals surface area contributed by atoms with Gasteiger partial charge >= 0.3 is 18.2 Å². The molecule has 2 N–H and O–H groups in total. The zero-order valence-corrected chi connectivity index (χ0v) is 39.1. The molecule has 15 nitrogen and oxygen atoms in total. The van der Waals surface area contributed by atoms with E-state index in [-0.39, 0.29) is 46.9 Å². The van der Waals surface area contributed by atoms with Crippen LogP contribution in [0.5, 0.6) is 5.75 Å². The van der Waals surface area contributed by atoms with Gasteiger partial charge in [-0.15, -0.1) is 0 Å². The Morgan fingerprint density at radius 1 is 0.848 bits per heavy atom. The van der Waals surface area contributed by atoms with Crippen LogP contribution in [0.4, 0.5) is 36.0 Å². The molecular weight excluding hydrogens is 868 g/mol. The first-order valence-electron chi connectivity index (χ1n) is 21.6. The maximum atomic E-state index is 15.9. The number of hydrogen-bond acceptors (Lipinski definition) is 11. The first kappa shape index (κ1) is 47.2. The van der Waals surface area contributed by atoms with Gasteiger partial charge in [-0.2, -0.15) is 4.90 Å². The summed E-state index contributed by atoms with van der Waals surface area (Å²) in [6.45, 7) is 10.2. The summed E-state index contributed by atoms with van der Waals surface area (Å²) in [5.74, 6) is -0.949. The fourth-order valence-corrected chi connectivity index (χ4v) is 9.27. The molecule has 4 bridgehead atoms. The van der Waals surface area contributed by atoms with E-state index in [1.165, 1.54) is 28.0 Å². The number of amides is 5. The largest absolute Gasteiger partial charge is 0.489 e. The lowest BCUT2D eigenvalue weighted by atomic mass is 9.99. The number of halogens is 1. The Kier molecular flexibility index (Phi) is 13.3. The lowest BCUT2D eigenvalue weighted by Gasteiger charge is -2.29. The third kappa shape index (κ3) is 11.0. The van der Waals surface area contributed by atoms with Crippen molar-refractivity contribution in [2.45, 2.75) is 101 Å². The Morgan fingerprint density at radius 3 is 2.18 bits per heavy atom. The van der Waals surface area contributed by atoms with Gasteiger partial charge in [-0.25, -0.2) is 32.2 Å². The van der Waals surface area contributed by atoms with Crippen molar-refractivity contribution in [3.63, 3.8) is 0 Å². The molecule has 2 heterocycles. The van der Waals surface area contributed by atoms with E-state index in [1.807, 2.05) is 36.4 Å². The quantitative estimate of drug-likeness (QED) is 0.152. The molecule has 5 amide bonds. The third-order valence-corrected chi connectivity index (χ3v) is 13.2. The molecule has 5 aromatic rings. The fourth-order valence-electron chi connectivity index (χ4n) is 7.41. The first-order chi connectivity index (χ1) is 31.1. The number of likely N-dealkylation sites (N-methyl/N-ethyl adjacent to an activating group) is 2. The van der Waals surface area contributed by atoms with Crippen molar-refractivity contribution in [2.75, 3.05) is 36.2 Å². The van der Waals surface area contributed by atoms with Crippen molar-refractivity contribution in [1.82, 2.24) is 14.8 Å². The lowest BCUT2D eigenvalue weighted by Crippen LogP contribution is -2.44. The molecule has 1 aliphatic carbocycles. The van der Waals surface area contributed by atoms with Crippen molar-refractivity contribution in [3.05, 3.63) is 119 Å². The smallest absolute Gasteiger partial charge is 0.425 e. The Balaban J connectivity index is 1.32. The van der Waals surface area contributed by atoms with Gasteiger partial charge in [-0.1, -0.05) is 36.4 Å². The summed E-state index contributed by atoms with van der Waals surface area (Å²) in [6.07, 6.45) is 0.100. The number of ether oxygens (including phenoxy) is 3. The number of nitrogens with one attached hydrogen (secondary N) is 2. The number of nitrogens with zero attached hydrogens (tertiary/aromatic N) is 4. The van der Waals surface area contributed by atoms with Crippen LogP contribution in [0.15, 0.2) is 96.0 Å². The highest BCUT2D eigenvalue weighted by Gasteiger charge is 2.39. The molecule has 0 spiro atoms. The number of rotatable bonds is 8. The minimum absolute atomic E-state index is 0.0441. The van der Waals surface area contributed by atoms with E-state index < -0.39 is 62.3 Å². The standard InChI is InChI=1S/C49H55FN6O9S/c1-48(2,3)64-46(59)56(47(60)65-49(4,5)6)43-37-19-15-35(26-38(37)39(50)27-51-43)52-42-32-14-20-40(63-29-30-12-10-9-11-13-30)31(24-32)22-23-54(7)45(58)53-34-16-21-41(66(61,62)36-17-18-36)33(25-34)28-55(8)44(42)57/h9-16,19-21,24-27,36,42,52H,17-18,22-23,28-29H2,1-8H3,(H,53,58). The van der Waals surface area contributed by atoms with Gasteiger partial charge in [0.25, 0.3) is 0 Å². The normalized spacial score (nSPS) is 16.2. The highest BCUT2D eigenvalue weighted by molar-refractivity contribution is 7.92. The summed E-state index contributed by atoms with van der Waals surface area (Å²) < 4.78 is 60.8. The maximum Gasteiger partial charge on any atom is 0.425 e. The predicted molar refractivity (Wildman–Crippen MR) is 249 cm³/mol. The SMILES string of the molecule is CN1CCc2cc(ccc2OCc2ccccc2)C(Nc2ccc3c(N(C(=O)OC(C)(C)C)C(=O)OC(C)(C)C)ncc(F)c3c2)C(=O)N(C)Cc2cc(ccc2S(=O)(=O)C2CC2)NC1=O. The van der Waals surface area contributed by atoms with E-state index in [9.17, 15) is 27.6 Å². The van der Waals surface area contributed by atoms with Crippen LogP contribution in [0.3, 0.4) is 0 Å². The zero-order chi connectivity index (χ0) is 47.7. The molecule has 66 heavy (non-hydrogen) atoms. The number of hydrogen-bond donors (Lipinski definition) is 2. The third-order valence-electron chi connectivity index (χ3n) is 10.8. The average molecular weight is 923 g/mol. The number of urea groups is 1. The van der Waals surface area contributed by atoms with Crippen molar-refractivity contribution < 1.29 is 46.2 Å². The molecule has 1 fully saturated rings. The molecule has 1 atom stereocenters. The Bertz CT molecular complexity index is 2760. The number of carbonyl (C=O) groups is 4. The highest BCUT2D eigenvalue weighted by atomic mass is 32.2. The topological polar surface area (TPSA) is 177 Å². The van der Waals surface area contributed by atoms with Crippen LogP contribution >= 0.6 is 0 Å². The molecule has 1 aromatic heterocycles. The van der Waals surface area contributed by atoms with Gasteiger partial charge in [0.2, 0.25) is 5.91 Å². The van der Waals surface area contributed by atoms with E-state index >= 15 is 4.39 Å². The van der Waals surface area contributed by atoms with Crippen LogP contribution in [-0.2, 0) is 43.7 Å². The fraction of sp³-hybridized carbons (Fsp3) is 0.367. The summed E-state index contributed by atoms with van der Waals surface area (Å²) in [7, 11) is -0.529. The summed E-state index contributed by atoms with van der Waals surface area (Å²) in [6, 6.07) is 22.5. The van der Waals surface area contributed by atoms with Gasteiger partial charge in [0.15, 0.2) is 15.7 Å². The number of benzene rings is 4. The summed E-state index contributed by atoms with van der Waals surface area (Å²) >= 11 is 0. The number of carbonyl (C=O) groups excluding carboxylic acids is 4. The van der Waals surface area contributed by atoms with Gasteiger partial charge in [0.05, 0.1) is 16.3 Å². The Hall–Kier alpha value is -6.75. The summed E-state index contributed by atoms with van der Waals surface area (Å²) in [5.41, 5.74) is 1.07. The van der Waals surface area contributed by atoms with Crippen LogP contribution in [-0.4, -0.2) is 84.4 Å². The van der Waals surface area contributed by atoms with Crippen LogP contribution in [0.1, 0.15) is 82.7 Å². The number of sulfone groups is 1.